The van der Waals surface area contributed by atoms with E-state index < -0.39 is 36.4 Å². The van der Waals surface area contributed by atoms with E-state index in [0.29, 0.717) is 6.20 Å². The highest BCUT2D eigenvalue weighted by Crippen LogP contribution is 2.33. The third-order valence-electron chi connectivity index (χ3n) is 1.70. The predicted molar refractivity (Wildman–Crippen MR) is 54.5 cm³/mol. The summed E-state index contributed by atoms with van der Waals surface area (Å²) in [5.41, 5.74) is -0.968. The van der Waals surface area contributed by atoms with Gasteiger partial charge in [-0.25, -0.2) is 13.8 Å². The van der Waals surface area contributed by atoms with Gasteiger partial charge in [0.1, 0.15) is 0 Å². The molecule has 9 heteroatoms. The number of aromatic nitrogens is 1. The molecule has 0 saturated carbocycles. The van der Waals surface area contributed by atoms with Crippen molar-refractivity contribution >= 4 is 22.6 Å². The molecule has 1 rings (SSSR count). The number of ether oxygens (including phenoxy) is 1. The fourth-order valence-electron chi connectivity index (χ4n) is 1.02. The molecule has 1 heterocycles. The number of aliphatic hydroxyl groups excluding tert-OH is 1. The summed E-state index contributed by atoms with van der Waals surface area (Å²) < 4.78 is 64.0. The van der Waals surface area contributed by atoms with Crippen LogP contribution in [0.3, 0.4) is 0 Å². The zero-order chi connectivity index (χ0) is 13.2. The summed E-state index contributed by atoms with van der Waals surface area (Å²) >= 11 is 1.41. The fourth-order valence-corrected chi connectivity index (χ4v) is 1.79. The van der Waals surface area contributed by atoms with Crippen LogP contribution in [-0.4, -0.2) is 16.5 Å². The molecule has 17 heavy (non-hydrogen) atoms. The molecule has 0 amide bonds. The van der Waals surface area contributed by atoms with Gasteiger partial charge in [-0.1, -0.05) is 0 Å². The maximum Gasteiger partial charge on any atom is 0.574 e. The van der Waals surface area contributed by atoms with Crippen molar-refractivity contribution < 1.29 is 31.8 Å². The Morgan fingerprint density at radius 2 is 2.00 bits per heavy atom. The summed E-state index contributed by atoms with van der Waals surface area (Å²) in [6.45, 7) is -0.878. The fraction of sp³-hybridized carbons (Fsp3) is 0.375. The van der Waals surface area contributed by atoms with Crippen LogP contribution >= 0.6 is 22.6 Å². The Morgan fingerprint density at radius 3 is 2.41 bits per heavy atom. The maximum atomic E-state index is 12.4. The number of nitrogens with zero attached hydrogens (tertiary/aromatic N) is 1. The zero-order valence-electron chi connectivity index (χ0n) is 7.93. The van der Waals surface area contributed by atoms with Crippen LogP contribution in [0, 0.1) is 3.57 Å². The van der Waals surface area contributed by atoms with Gasteiger partial charge in [0.15, 0.2) is 0 Å². The lowest BCUT2D eigenvalue weighted by Crippen LogP contribution is -2.19. The first kappa shape index (κ1) is 14.4. The van der Waals surface area contributed by atoms with Gasteiger partial charge >= 0.3 is 6.36 Å². The lowest BCUT2D eigenvalue weighted by molar-refractivity contribution is -0.276. The molecule has 0 spiro atoms. The summed E-state index contributed by atoms with van der Waals surface area (Å²) in [5.74, 6) is -0.922. The summed E-state index contributed by atoms with van der Waals surface area (Å²) in [5, 5.41) is 8.87. The lowest BCUT2D eigenvalue weighted by Gasteiger charge is -2.14. The van der Waals surface area contributed by atoms with E-state index >= 15 is 0 Å². The van der Waals surface area contributed by atoms with Crippen LogP contribution in [-0.2, 0) is 6.61 Å². The molecule has 0 unspecified atom stereocenters. The highest BCUT2D eigenvalue weighted by Gasteiger charge is 2.34. The Labute approximate surface area is 106 Å². The smallest absolute Gasteiger partial charge is 0.391 e. The zero-order valence-corrected chi connectivity index (χ0v) is 10.1. The molecular formula is C8H5F5INO2. The molecule has 0 aliphatic carbocycles. The van der Waals surface area contributed by atoms with Gasteiger partial charge < -0.3 is 9.84 Å². The topological polar surface area (TPSA) is 42.4 Å². The van der Waals surface area contributed by atoms with E-state index in [9.17, 15) is 22.0 Å². The molecule has 0 radical (unpaired) electrons. The Morgan fingerprint density at radius 1 is 1.41 bits per heavy atom. The van der Waals surface area contributed by atoms with Crippen LogP contribution < -0.4 is 4.74 Å². The standard InChI is InChI=1S/C8H5F5INO2/c9-6(10)3-1-15-7(17-8(11,12)13)4(2-16)5(3)14/h1,6,16H,2H2. The molecule has 0 aromatic carbocycles. The number of hydrogen-bond acceptors (Lipinski definition) is 3. The second kappa shape index (κ2) is 5.29. The Balaban J connectivity index is 3.21. The van der Waals surface area contributed by atoms with Crippen molar-refractivity contribution in [3.05, 3.63) is 20.9 Å². The van der Waals surface area contributed by atoms with Crippen molar-refractivity contribution in [2.45, 2.75) is 19.4 Å². The first-order valence-electron chi connectivity index (χ1n) is 4.08. The summed E-state index contributed by atoms with van der Waals surface area (Å²) in [6, 6.07) is 0. The van der Waals surface area contributed by atoms with E-state index in [1.165, 1.54) is 22.6 Å². The van der Waals surface area contributed by atoms with Crippen molar-refractivity contribution in [3.63, 3.8) is 0 Å². The van der Waals surface area contributed by atoms with Gasteiger partial charge in [-0.05, 0) is 22.6 Å². The number of alkyl halides is 5. The molecule has 0 aliphatic heterocycles. The molecule has 1 N–H and O–H groups in total. The van der Waals surface area contributed by atoms with Crippen LogP contribution in [0.5, 0.6) is 5.88 Å². The van der Waals surface area contributed by atoms with Crippen LogP contribution in [0.25, 0.3) is 0 Å². The quantitative estimate of drug-likeness (QED) is 0.658. The van der Waals surface area contributed by atoms with Crippen molar-refractivity contribution in [2.75, 3.05) is 0 Å². The van der Waals surface area contributed by atoms with E-state index in [2.05, 4.69) is 9.72 Å². The average Bonchev–Trinajstić information content (AvgIpc) is 2.15. The third-order valence-corrected chi connectivity index (χ3v) is 2.98. The first-order valence-corrected chi connectivity index (χ1v) is 5.16. The molecular weight excluding hydrogens is 364 g/mol. The minimum absolute atomic E-state index is 0.200. The SMILES string of the molecule is OCc1c(OC(F)(F)F)ncc(C(F)F)c1I. The van der Waals surface area contributed by atoms with Gasteiger partial charge in [0.2, 0.25) is 5.88 Å². The van der Waals surface area contributed by atoms with E-state index in [1.54, 1.807) is 0 Å². The average molecular weight is 369 g/mol. The molecule has 0 atom stereocenters. The van der Waals surface area contributed by atoms with Crippen molar-refractivity contribution in [1.29, 1.82) is 0 Å². The minimum Gasteiger partial charge on any atom is -0.391 e. The number of rotatable bonds is 3. The molecule has 0 aliphatic rings. The number of pyridine rings is 1. The molecule has 0 fully saturated rings. The monoisotopic (exact) mass is 369 g/mol. The lowest BCUT2D eigenvalue weighted by atomic mass is 10.2. The van der Waals surface area contributed by atoms with E-state index in [1.807, 2.05) is 0 Å². The number of halogens is 6. The maximum absolute atomic E-state index is 12.4. The van der Waals surface area contributed by atoms with Gasteiger partial charge in [0.25, 0.3) is 6.43 Å². The molecule has 1 aromatic rings. The van der Waals surface area contributed by atoms with Gasteiger partial charge in [0, 0.05) is 9.77 Å². The van der Waals surface area contributed by atoms with Crippen LogP contribution in [0.1, 0.15) is 17.6 Å². The molecule has 3 nitrogen and oxygen atoms in total. The van der Waals surface area contributed by atoms with Crippen molar-refractivity contribution in [1.82, 2.24) is 4.98 Å². The third kappa shape index (κ3) is 3.63. The summed E-state index contributed by atoms with van der Waals surface area (Å²) in [6.07, 6.45) is -7.29. The Bertz CT molecular complexity index is 410. The van der Waals surface area contributed by atoms with Crippen LogP contribution in [0.15, 0.2) is 6.20 Å². The van der Waals surface area contributed by atoms with E-state index in [0.717, 1.165) is 0 Å². The molecule has 96 valence electrons. The molecule has 1 aromatic heterocycles. The van der Waals surface area contributed by atoms with Gasteiger partial charge in [0.05, 0.1) is 17.7 Å². The molecule has 0 bridgehead atoms. The summed E-state index contributed by atoms with van der Waals surface area (Å²) in [4.78, 5) is 3.13. The largest absolute Gasteiger partial charge is 0.574 e. The normalized spacial score (nSPS) is 12.0. The molecule has 0 saturated heterocycles. The Hall–Kier alpha value is -0.710. The highest BCUT2D eigenvalue weighted by molar-refractivity contribution is 14.1. The van der Waals surface area contributed by atoms with Gasteiger partial charge in [-0.15, -0.1) is 13.2 Å². The Kier molecular flexibility index (Phi) is 4.47. The van der Waals surface area contributed by atoms with E-state index in [4.69, 9.17) is 5.11 Å². The van der Waals surface area contributed by atoms with Crippen LogP contribution in [0.2, 0.25) is 0 Å². The first-order chi connectivity index (χ1) is 7.76. The number of aliphatic hydroxyl groups is 1. The van der Waals surface area contributed by atoms with Crippen molar-refractivity contribution in [3.8, 4) is 5.88 Å². The number of hydrogen-bond donors (Lipinski definition) is 1. The predicted octanol–water partition coefficient (Wildman–Crippen LogP) is 3.01. The second-order valence-electron chi connectivity index (χ2n) is 2.82. The van der Waals surface area contributed by atoms with Crippen molar-refractivity contribution in [2.24, 2.45) is 0 Å². The highest BCUT2D eigenvalue weighted by atomic mass is 127. The van der Waals surface area contributed by atoms with E-state index in [-0.39, 0.29) is 3.57 Å². The second-order valence-corrected chi connectivity index (χ2v) is 3.90. The van der Waals surface area contributed by atoms with Crippen LogP contribution in [0.4, 0.5) is 22.0 Å². The van der Waals surface area contributed by atoms with Gasteiger partial charge in [-0.3, -0.25) is 0 Å². The van der Waals surface area contributed by atoms with Gasteiger partial charge in [-0.2, -0.15) is 0 Å². The summed E-state index contributed by atoms with van der Waals surface area (Å²) in [7, 11) is 0. The minimum atomic E-state index is -4.99.